The van der Waals surface area contributed by atoms with Crippen LogP contribution in [0.2, 0.25) is 0 Å². The monoisotopic (exact) mass is 356 g/mol. The van der Waals surface area contributed by atoms with Gasteiger partial charge in [-0.2, -0.15) is 0 Å². The first-order valence-electron chi connectivity index (χ1n) is 8.55. The molecule has 0 bridgehead atoms. The topological polar surface area (TPSA) is 56.7 Å². The number of hydrogen-bond donors (Lipinski definition) is 2. The fraction of sp³-hybridized carbons (Fsp3) is 0.368. The van der Waals surface area contributed by atoms with Crippen LogP contribution in [-0.2, 0) is 11.2 Å². The van der Waals surface area contributed by atoms with E-state index in [-0.39, 0.29) is 12.5 Å². The third kappa shape index (κ3) is 4.20. The molecule has 1 unspecified atom stereocenters. The molecule has 5 nitrogen and oxygen atoms in total. The summed E-state index contributed by atoms with van der Waals surface area (Å²) in [5.74, 6) is 1.13. The molecule has 2 heterocycles. The molecule has 25 heavy (non-hydrogen) atoms. The molecule has 2 N–H and O–H groups in total. The van der Waals surface area contributed by atoms with E-state index in [1.165, 1.54) is 10.4 Å². The molecule has 1 atom stereocenters. The molecule has 1 aliphatic rings. The van der Waals surface area contributed by atoms with Gasteiger partial charge in [-0.25, -0.2) is 0 Å². The van der Waals surface area contributed by atoms with Crippen LogP contribution in [0.4, 0.5) is 5.69 Å². The van der Waals surface area contributed by atoms with Gasteiger partial charge < -0.3 is 15.5 Å². The van der Waals surface area contributed by atoms with Gasteiger partial charge in [0, 0.05) is 36.6 Å². The normalized spacial score (nSPS) is 15.0. The number of guanidine groups is 1. The molecular weight excluding hydrogens is 332 g/mol. The zero-order chi connectivity index (χ0) is 17.6. The number of thiophene rings is 1. The Bertz CT molecular complexity index is 742. The number of aliphatic imine (C=N–C) groups is 1. The Hall–Kier alpha value is -2.34. The first kappa shape index (κ1) is 17.5. The Morgan fingerprint density at radius 1 is 1.28 bits per heavy atom. The van der Waals surface area contributed by atoms with E-state index in [1.807, 2.05) is 23.1 Å². The number of fused-ring (bicyclic) bond motifs is 1. The number of anilines is 1. The molecule has 132 valence electrons. The molecule has 6 heteroatoms. The zero-order valence-electron chi connectivity index (χ0n) is 14.7. The summed E-state index contributed by atoms with van der Waals surface area (Å²) in [6.45, 7) is 3.95. The highest BCUT2D eigenvalue weighted by molar-refractivity contribution is 7.10. The first-order chi connectivity index (χ1) is 12.2. The number of amides is 1. The van der Waals surface area contributed by atoms with Crippen LogP contribution in [0.3, 0.4) is 0 Å². The van der Waals surface area contributed by atoms with E-state index >= 15 is 0 Å². The highest BCUT2D eigenvalue weighted by Crippen LogP contribution is 2.27. The van der Waals surface area contributed by atoms with E-state index in [2.05, 4.69) is 46.1 Å². The second kappa shape index (κ2) is 8.16. The number of hydrogen-bond acceptors (Lipinski definition) is 3. The van der Waals surface area contributed by atoms with Crippen molar-refractivity contribution in [1.82, 2.24) is 10.6 Å². The van der Waals surface area contributed by atoms with Crippen molar-refractivity contribution in [2.75, 3.05) is 31.6 Å². The largest absolute Gasteiger partial charge is 0.356 e. The van der Waals surface area contributed by atoms with Gasteiger partial charge in [0.25, 0.3) is 0 Å². The van der Waals surface area contributed by atoms with Crippen LogP contribution >= 0.6 is 11.3 Å². The Morgan fingerprint density at radius 2 is 2.12 bits per heavy atom. The highest BCUT2D eigenvalue weighted by Gasteiger charge is 2.23. The van der Waals surface area contributed by atoms with Crippen LogP contribution < -0.4 is 15.5 Å². The van der Waals surface area contributed by atoms with Gasteiger partial charge in [0.1, 0.15) is 0 Å². The lowest BCUT2D eigenvalue weighted by Crippen LogP contribution is -2.45. The maximum Gasteiger partial charge on any atom is 0.246 e. The molecule has 0 saturated carbocycles. The standard InChI is InChI=1S/C19H24N4OS/c1-14(17-8-5-11-25-17)12-21-19(20-2)22-13-18(24)23-10-9-15-6-3-4-7-16(15)23/h3-8,11,14H,9-10,12-13H2,1-2H3,(H2,20,21,22). The molecule has 3 rings (SSSR count). The summed E-state index contributed by atoms with van der Waals surface area (Å²) in [7, 11) is 1.72. The Balaban J connectivity index is 1.49. The van der Waals surface area contributed by atoms with Gasteiger partial charge in [-0.3, -0.25) is 9.79 Å². The minimum atomic E-state index is 0.0687. The predicted molar refractivity (Wildman–Crippen MR) is 105 cm³/mol. The van der Waals surface area contributed by atoms with Gasteiger partial charge >= 0.3 is 0 Å². The van der Waals surface area contributed by atoms with Crippen molar-refractivity contribution < 1.29 is 4.79 Å². The molecule has 1 aromatic carbocycles. The number of para-hydroxylation sites is 1. The number of benzene rings is 1. The molecule has 1 aromatic heterocycles. The van der Waals surface area contributed by atoms with Crippen LogP contribution in [0, 0.1) is 0 Å². The summed E-state index contributed by atoms with van der Waals surface area (Å²) in [6, 6.07) is 12.3. The highest BCUT2D eigenvalue weighted by atomic mass is 32.1. The predicted octanol–water partition coefficient (Wildman–Crippen LogP) is 2.61. The SMILES string of the molecule is CN=C(NCC(=O)N1CCc2ccccc21)NCC(C)c1cccs1. The van der Waals surface area contributed by atoms with Crippen molar-refractivity contribution in [2.45, 2.75) is 19.3 Å². The number of nitrogens with zero attached hydrogens (tertiary/aromatic N) is 2. The van der Waals surface area contributed by atoms with Crippen molar-refractivity contribution in [2.24, 2.45) is 4.99 Å². The van der Waals surface area contributed by atoms with E-state index < -0.39 is 0 Å². The lowest BCUT2D eigenvalue weighted by molar-refractivity contribution is -0.117. The summed E-state index contributed by atoms with van der Waals surface area (Å²) >= 11 is 1.76. The third-order valence-corrected chi connectivity index (χ3v) is 5.53. The fourth-order valence-corrected chi connectivity index (χ4v) is 3.78. The van der Waals surface area contributed by atoms with Gasteiger partial charge in [-0.1, -0.05) is 31.2 Å². The molecule has 0 fully saturated rings. The summed E-state index contributed by atoms with van der Waals surface area (Å²) in [5, 5.41) is 8.51. The second-order valence-electron chi connectivity index (χ2n) is 6.15. The van der Waals surface area contributed by atoms with E-state index in [0.717, 1.165) is 25.2 Å². The van der Waals surface area contributed by atoms with Crippen molar-refractivity contribution in [1.29, 1.82) is 0 Å². The summed E-state index contributed by atoms with van der Waals surface area (Å²) in [6.07, 6.45) is 0.924. The van der Waals surface area contributed by atoms with Gasteiger partial charge in [-0.05, 0) is 29.5 Å². The van der Waals surface area contributed by atoms with Crippen molar-refractivity contribution in [3.63, 3.8) is 0 Å². The van der Waals surface area contributed by atoms with E-state index in [1.54, 1.807) is 18.4 Å². The first-order valence-corrected chi connectivity index (χ1v) is 9.43. The number of nitrogens with one attached hydrogen (secondary N) is 2. The van der Waals surface area contributed by atoms with Gasteiger partial charge in [0.05, 0.1) is 6.54 Å². The summed E-state index contributed by atoms with van der Waals surface area (Å²) in [5.41, 5.74) is 2.27. The van der Waals surface area contributed by atoms with Crippen molar-refractivity contribution in [3.05, 3.63) is 52.2 Å². The Morgan fingerprint density at radius 3 is 2.88 bits per heavy atom. The van der Waals surface area contributed by atoms with Gasteiger partial charge in [0.2, 0.25) is 5.91 Å². The molecule has 0 saturated heterocycles. The number of carbonyl (C=O) groups excluding carboxylic acids is 1. The smallest absolute Gasteiger partial charge is 0.246 e. The van der Waals surface area contributed by atoms with Gasteiger partial charge in [-0.15, -0.1) is 11.3 Å². The average molecular weight is 356 g/mol. The minimum absolute atomic E-state index is 0.0687. The van der Waals surface area contributed by atoms with Crippen molar-refractivity contribution >= 4 is 28.9 Å². The number of carbonyl (C=O) groups is 1. The van der Waals surface area contributed by atoms with Crippen LogP contribution in [-0.4, -0.2) is 38.5 Å². The van der Waals surface area contributed by atoms with Crippen molar-refractivity contribution in [3.8, 4) is 0 Å². The van der Waals surface area contributed by atoms with Crippen LogP contribution in [0.25, 0.3) is 0 Å². The number of rotatable bonds is 5. The Labute approximate surface area is 152 Å². The van der Waals surface area contributed by atoms with E-state index in [9.17, 15) is 4.79 Å². The maximum absolute atomic E-state index is 12.5. The van der Waals surface area contributed by atoms with Crippen LogP contribution in [0.15, 0.2) is 46.8 Å². The summed E-state index contributed by atoms with van der Waals surface area (Å²) < 4.78 is 0. The average Bonchev–Trinajstić information content (AvgIpc) is 3.31. The fourth-order valence-electron chi connectivity index (χ4n) is 2.99. The molecule has 1 aliphatic heterocycles. The minimum Gasteiger partial charge on any atom is -0.356 e. The van der Waals surface area contributed by atoms with E-state index in [4.69, 9.17) is 0 Å². The van der Waals surface area contributed by atoms with Crippen LogP contribution in [0.1, 0.15) is 23.3 Å². The molecular formula is C19H24N4OS. The van der Waals surface area contributed by atoms with E-state index in [0.29, 0.717) is 11.9 Å². The zero-order valence-corrected chi connectivity index (χ0v) is 15.5. The van der Waals surface area contributed by atoms with Crippen LogP contribution in [0.5, 0.6) is 0 Å². The molecule has 0 aliphatic carbocycles. The third-order valence-electron chi connectivity index (χ3n) is 4.42. The molecule has 0 spiro atoms. The lowest BCUT2D eigenvalue weighted by atomic mass is 10.1. The summed E-state index contributed by atoms with van der Waals surface area (Å²) in [4.78, 5) is 19.9. The maximum atomic E-state index is 12.5. The van der Waals surface area contributed by atoms with Gasteiger partial charge in [0.15, 0.2) is 5.96 Å². The lowest BCUT2D eigenvalue weighted by Gasteiger charge is -2.19. The second-order valence-corrected chi connectivity index (χ2v) is 7.13. The molecule has 0 radical (unpaired) electrons. The Kier molecular flexibility index (Phi) is 5.71. The molecule has 1 amide bonds. The quantitative estimate of drug-likeness (QED) is 0.640. The molecule has 2 aromatic rings.